The number of fused-ring (bicyclic) bond motifs is 1. The number of rotatable bonds is 9. The van der Waals surface area contributed by atoms with Gasteiger partial charge in [0.25, 0.3) is 5.91 Å². The van der Waals surface area contributed by atoms with Crippen LogP contribution in [0.1, 0.15) is 18.9 Å². The van der Waals surface area contributed by atoms with Gasteiger partial charge < -0.3 is 14.8 Å². The van der Waals surface area contributed by atoms with Crippen LogP contribution in [0.4, 0.5) is 0 Å². The zero-order chi connectivity index (χ0) is 18.9. The molecule has 4 heteroatoms. The van der Waals surface area contributed by atoms with Crippen molar-refractivity contribution in [1.82, 2.24) is 5.32 Å². The minimum Gasteiger partial charge on any atom is -0.494 e. The number of carbonyl (C=O) groups is 1. The first-order chi connectivity index (χ1) is 13.3. The molecule has 140 valence electrons. The molecule has 27 heavy (non-hydrogen) atoms. The van der Waals surface area contributed by atoms with Gasteiger partial charge in [-0.25, -0.2) is 0 Å². The number of carbonyl (C=O) groups excluding carboxylic acids is 1. The Bertz CT molecular complexity index is 891. The molecule has 0 aliphatic heterocycles. The second-order valence-corrected chi connectivity index (χ2v) is 6.29. The summed E-state index contributed by atoms with van der Waals surface area (Å²) in [4.78, 5) is 12.0. The molecule has 0 fully saturated rings. The molecule has 0 aliphatic rings. The van der Waals surface area contributed by atoms with E-state index in [2.05, 4.69) is 17.4 Å². The summed E-state index contributed by atoms with van der Waals surface area (Å²) in [5, 5.41) is 5.16. The maximum atomic E-state index is 12.0. The Balaban J connectivity index is 1.41. The number of aryl methyl sites for hydroxylation is 1. The van der Waals surface area contributed by atoms with E-state index in [1.54, 1.807) is 0 Å². The molecule has 3 aromatic rings. The lowest BCUT2D eigenvalue weighted by Gasteiger charge is -2.11. The number of hydrogen-bond donors (Lipinski definition) is 1. The van der Waals surface area contributed by atoms with E-state index in [1.807, 2.05) is 61.5 Å². The molecular formula is C23H25NO3. The Kier molecular flexibility index (Phi) is 6.69. The predicted molar refractivity (Wildman–Crippen MR) is 108 cm³/mol. The highest BCUT2D eigenvalue weighted by atomic mass is 16.5. The van der Waals surface area contributed by atoms with Crippen molar-refractivity contribution in [3.05, 3.63) is 72.3 Å². The summed E-state index contributed by atoms with van der Waals surface area (Å²) in [7, 11) is 0. The summed E-state index contributed by atoms with van der Waals surface area (Å²) < 4.78 is 11.2. The van der Waals surface area contributed by atoms with Gasteiger partial charge in [0.05, 0.1) is 6.61 Å². The maximum Gasteiger partial charge on any atom is 0.257 e. The van der Waals surface area contributed by atoms with Gasteiger partial charge in [-0.1, -0.05) is 48.5 Å². The molecule has 0 aromatic heterocycles. The Morgan fingerprint density at radius 1 is 0.926 bits per heavy atom. The van der Waals surface area contributed by atoms with E-state index in [9.17, 15) is 4.79 Å². The highest BCUT2D eigenvalue weighted by molar-refractivity contribution is 5.84. The Labute approximate surface area is 160 Å². The fourth-order valence-corrected chi connectivity index (χ4v) is 2.97. The minimum atomic E-state index is -0.110. The van der Waals surface area contributed by atoms with Crippen LogP contribution in [0.15, 0.2) is 66.7 Å². The second-order valence-electron chi connectivity index (χ2n) is 6.29. The maximum absolute atomic E-state index is 12.0. The van der Waals surface area contributed by atoms with Crippen molar-refractivity contribution in [2.24, 2.45) is 0 Å². The van der Waals surface area contributed by atoms with E-state index in [4.69, 9.17) is 9.47 Å². The average Bonchev–Trinajstić information content (AvgIpc) is 2.71. The average molecular weight is 363 g/mol. The molecule has 0 radical (unpaired) electrons. The van der Waals surface area contributed by atoms with Crippen molar-refractivity contribution in [1.29, 1.82) is 0 Å². The lowest BCUT2D eigenvalue weighted by Crippen LogP contribution is -2.29. The summed E-state index contributed by atoms with van der Waals surface area (Å²) >= 11 is 0. The first kappa shape index (κ1) is 18.8. The van der Waals surface area contributed by atoms with Gasteiger partial charge >= 0.3 is 0 Å². The summed E-state index contributed by atoms with van der Waals surface area (Å²) in [6.45, 7) is 3.26. The number of benzene rings is 3. The first-order valence-corrected chi connectivity index (χ1v) is 9.35. The van der Waals surface area contributed by atoms with Gasteiger partial charge in [-0.3, -0.25) is 4.79 Å². The lowest BCUT2D eigenvalue weighted by atomic mass is 10.1. The van der Waals surface area contributed by atoms with Crippen LogP contribution < -0.4 is 14.8 Å². The second kappa shape index (κ2) is 9.62. The molecule has 0 atom stereocenters. The van der Waals surface area contributed by atoms with Crippen LogP contribution in [0.25, 0.3) is 10.8 Å². The van der Waals surface area contributed by atoms with Crippen LogP contribution in [-0.2, 0) is 11.2 Å². The van der Waals surface area contributed by atoms with Crippen molar-refractivity contribution in [3.63, 3.8) is 0 Å². The molecule has 0 spiro atoms. The largest absolute Gasteiger partial charge is 0.494 e. The van der Waals surface area contributed by atoms with Crippen LogP contribution in [0, 0.1) is 0 Å². The molecule has 4 nitrogen and oxygen atoms in total. The zero-order valence-electron chi connectivity index (χ0n) is 15.6. The van der Waals surface area contributed by atoms with Gasteiger partial charge in [0.1, 0.15) is 11.5 Å². The Morgan fingerprint density at radius 2 is 1.70 bits per heavy atom. The van der Waals surface area contributed by atoms with E-state index in [1.165, 1.54) is 5.56 Å². The van der Waals surface area contributed by atoms with Crippen molar-refractivity contribution >= 4 is 16.7 Å². The molecule has 0 saturated carbocycles. The van der Waals surface area contributed by atoms with Gasteiger partial charge in [0.2, 0.25) is 0 Å². The van der Waals surface area contributed by atoms with Crippen molar-refractivity contribution in [2.75, 3.05) is 19.8 Å². The summed E-state index contributed by atoms with van der Waals surface area (Å²) in [5.41, 5.74) is 1.17. The topological polar surface area (TPSA) is 47.6 Å². The fourth-order valence-electron chi connectivity index (χ4n) is 2.97. The molecule has 0 bridgehead atoms. The van der Waals surface area contributed by atoms with Crippen LogP contribution >= 0.6 is 0 Å². The Hall–Kier alpha value is -3.01. The normalized spacial score (nSPS) is 10.6. The van der Waals surface area contributed by atoms with Crippen LogP contribution in [0.3, 0.4) is 0 Å². The predicted octanol–water partition coefficient (Wildman–Crippen LogP) is 4.37. The quantitative estimate of drug-likeness (QED) is 0.575. The number of nitrogens with one attached hydrogen (secondary N) is 1. The van der Waals surface area contributed by atoms with Crippen molar-refractivity contribution < 1.29 is 14.3 Å². The van der Waals surface area contributed by atoms with Crippen molar-refractivity contribution in [3.8, 4) is 11.5 Å². The monoisotopic (exact) mass is 363 g/mol. The van der Waals surface area contributed by atoms with Crippen LogP contribution in [0.2, 0.25) is 0 Å². The lowest BCUT2D eigenvalue weighted by molar-refractivity contribution is -0.123. The van der Waals surface area contributed by atoms with Crippen molar-refractivity contribution in [2.45, 2.75) is 19.8 Å². The highest BCUT2D eigenvalue weighted by Crippen LogP contribution is 2.21. The smallest absolute Gasteiger partial charge is 0.257 e. The molecule has 3 rings (SSSR count). The number of amides is 1. The summed E-state index contributed by atoms with van der Waals surface area (Å²) in [5.74, 6) is 1.52. The standard InChI is InChI=1S/C23H25NO3/c1-2-26-22-12-6-5-9-19(22)11-7-15-24-23(25)17-27-21-14-13-18-8-3-4-10-20(18)16-21/h3-6,8-10,12-14,16H,2,7,11,15,17H2,1H3,(H,24,25). The minimum absolute atomic E-state index is 0.0217. The third kappa shape index (κ3) is 5.48. The van der Waals surface area contributed by atoms with E-state index in [-0.39, 0.29) is 12.5 Å². The van der Waals surface area contributed by atoms with Gasteiger partial charge in [-0.2, -0.15) is 0 Å². The SMILES string of the molecule is CCOc1ccccc1CCCNC(=O)COc1ccc2ccccc2c1. The number of para-hydroxylation sites is 1. The van der Waals surface area contributed by atoms with Gasteiger partial charge in [0.15, 0.2) is 6.61 Å². The molecule has 1 amide bonds. The molecule has 0 unspecified atom stereocenters. The Morgan fingerprint density at radius 3 is 2.56 bits per heavy atom. The molecule has 0 saturated heterocycles. The van der Waals surface area contributed by atoms with Gasteiger partial charge in [-0.15, -0.1) is 0 Å². The molecule has 1 N–H and O–H groups in total. The fraction of sp³-hybridized carbons (Fsp3) is 0.261. The number of ether oxygens (including phenoxy) is 2. The third-order valence-electron chi connectivity index (χ3n) is 4.31. The molecule has 3 aromatic carbocycles. The van der Waals surface area contributed by atoms with Gasteiger partial charge in [-0.05, 0) is 54.3 Å². The van der Waals surface area contributed by atoms with E-state index in [0.29, 0.717) is 18.9 Å². The zero-order valence-corrected chi connectivity index (χ0v) is 15.6. The van der Waals surface area contributed by atoms with Gasteiger partial charge in [0, 0.05) is 6.54 Å². The molecular weight excluding hydrogens is 338 g/mol. The molecule has 0 aliphatic carbocycles. The van der Waals surface area contributed by atoms with E-state index < -0.39 is 0 Å². The first-order valence-electron chi connectivity index (χ1n) is 9.35. The van der Waals surface area contributed by atoms with Crippen LogP contribution in [0.5, 0.6) is 11.5 Å². The third-order valence-corrected chi connectivity index (χ3v) is 4.31. The van der Waals surface area contributed by atoms with Crippen LogP contribution in [-0.4, -0.2) is 25.7 Å². The number of hydrogen-bond acceptors (Lipinski definition) is 3. The molecule has 0 heterocycles. The summed E-state index contributed by atoms with van der Waals surface area (Å²) in [6.07, 6.45) is 1.72. The van der Waals surface area contributed by atoms with E-state index in [0.717, 1.165) is 29.4 Å². The summed E-state index contributed by atoms with van der Waals surface area (Å²) in [6, 6.07) is 21.9. The van der Waals surface area contributed by atoms with E-state index >= 15 is 0 Å². The highest BCUT2D eigenvalue weighted by Gasteiger charge is 2.05.